The number of amides is 1. The van der Waals surface area contributed by atoms with E-state index in [0.717, 1.165) is 12.1 Å². The molecule has 3 nitrogen and oxygen atoms in total. The van der Waals surface area contributed by atoms with Gasteiger partial charge in [-0.05, 0) is 49.6 Å². The monoisotopic (exact) mass is 298 g/mol. The number of anilines is 2. The Hall–Kier alpha value is -2.36. The van der Waals surface area contributed by atoms with E-state index in [0.29, 0.717) is 11.3 Å². The number of carbonyl (C=O) groups is 1. The van der Waals surface area contributed by atoms with Gasteiger partial charge in [-0.2, -0.15) is 0 Å². The molecule has 0 radical (unpaired) electrons. The fraction of sp³-hybridized carbons (Fsp3) is 0.278. The number of carbonyl (C=O) groups excluding carboxylic acids is 1. The van der Waals surface area contributed by atoms with Crippen molar-refractivity contribution in [1.29, 1.82) is 0 Å². The van der Waals surface area contributed by atoms with E-state index in [9.17, 15) is 9.18 Å². The van der Waals surface area contributed by atoms with Crippen LogP contribution in [-0.2, 0) is 11.2 Å². The van der Waals surface area contributed by atoms with Crippen molar-refractivity contribution >= 4 is 17.3 Å². The number of halogens is 1. The number of para-hydroxylation sites is 1. The van der Waals surface area contributed by atoms with Gasteiger partial charge in [-0.3, -0.25) is 4.79 Å². The maximum atomic E-state index is 13.5. The molecule has 1 N–H and O–H groups in total. The van der Waals surface area contributed by atoms with Crippen molar-refractivity contribution in [2.24, 2.45) is 0 Å². The zero-order chi connectivity index (χ0) is 15.7. The van der Waals surface area contributed by atoms with Crippen LogP contribution < -0.4 is 10.2 Å². The Morgan fingerprint density at radius 2 is 2.09 bits per heavy atom. The van der Waals surface area contributed by atoms with Crippen LogP contribution in [0.15, 0.2) is 42.5 Å². The highest BCUT2D eigenvalue weighted by atomic mass is 19.1. The second kappa shape index (κ2) is 5.79. The van der Waals surface area contributed by atoms with Crippen LogP contribution in [0.3, 0.4) is 0 Å². The summed E-state index contributed by atoms with van der Waals surface area (Å²) in [5, 5.41) is 2.77. The summed E-state index contributed by atoms with van der Waals surface area (Å²) in [5.41, 5.74) is 3.44. The molecule has 1 atom stereocenters. The zero-order valence-corrected chi connectivity index (χ0v) is 12.8. The van der Waals surface area contributed by atoms with Crippen molar-refractivity contribution in [2.45, 2.75) is 26.3 Å². The fourth-order valence-electron chi connectivity index (χ4n) is 2.90. The zero-order valence-electron chi connectivity index (χ0n) is 12.8. The first-order valence-electron chi connectivity index (χ1n) is 7.45. The van der Waals surface area contributed by atoms with Crippen LogP contribution >= 0.6 is 0 Å². The van der Waals surface area contributed by atoms with Crippen molar-refractivity contribution in [3.05, 3.63) is 59.4 Å². The van der Waals surface area contributed by atoms with Gasteiger partial charge < -0.3 is 10.2 Å². The highest BCUT2D eigenvalue weighted by molar-refractivity contribution is 5.94. The van der Waals surface area contributed by atoms with Crippen molar-refractivity contribution in [1.82, 2.24) is 0 Å². The van der Waals surface area contributed by atoms with E-state index in [1.54, 1.807) is 19.1 Å². The Kier molecular flexibility index (Phi) is 3.84. The third-order valence-corrected chi connectivity index (χ3v) is 4.12. The van der Waals surface area contributed by atoms with Gasteiger partial charge in [0.2, 0.25) is 5.91 Å². The van der Waals surface area contributed by atoms with Gasteiger partial charge in [0.15, 0.2) is 0 Å². The van der Waals surface area contributed by atoms with Crippen LogP contribution in [0.4, 0.5) is 15.8 Å². The normalized spacial score (nSPS) is 16.5. The SMILES string of the molecule is Cc1ccc(NC(=O)CN2c3ccccc3CC2C)cc1F. The third kappa shape index (κ3) is 2.82. The lowest BCUT2D eigenvalue weighted by atomic mass is 10.1. The molecule has 1 unspecified atom stereocenters. The first-order valence-corrected chi connectivity index (χ1v) is 7.45. The Labute approximate surface area is 129 Å². The topological polar surface area (TPSA) is 32.3 Å². The predicted molar refractivity (Wildman–Crippen MR) is 86.7 cm³/mol. The van der Waals surface area contributed by atoms with Gasteiger partial charge in [-0.25, -0.2) is 4.39 Å². The Bertz CT molecular complexity index is 714. The van der Waals surface area contributed by atoms with Gasteiger partial charge in [0.05, 0.1) is 6.54 Å². The largest absolute Gasteiger partial charge is 0.359 e. The van der Waals surface area contributed by atoms with Crippen LogP contribution in [0.2, 0.25) is 0 Å². The molecule has 0 spiro atoms. The molecule has 2 aromatic carbocycles. The first-order chi connectivity index (χ1) is 10.5. The van der Waals surface area contributed by atoms with Crippen molar-refractivity contribution in [3.8, 4) is 0 Å². The second-order valence-corrected chi connectivity index (χ2v) is 5.82. The summed E-state index contributed by atoms with van der Waals surface area (Å²) in [6, 6.07) is 13.2. The van der Waals surface area contributed by atoms with Crippen LogP contribution in [-0.4, -0.2) is 18.5 Å². The molecule has 0 saturated heterocycles. The van der Waals surface area contributed by atoms with Gasteiger partial charge in [-0.15, -0.1) is 0 Å². The van der Waals surface area contributed by atoms with E-state index in [4.69, 9.17) is 0 Å². The molecular formula is C18H19FN2O. The molecule has 1 heterocycles. The summed E-state index contributed by atoms with van der Waals surface area (Å²) >= 11 is 0. The maximum Gasteiger partial charge on any atom is 0.243 e. The number of nitrogens with one attached hydrogen (secondary N) is 1. The molecule has 1 amide bonds. The van der Waals surface area contributed by atoms with E-state index in [-0.39, 0.29) is 24.3 Å². The summed E-state index contributed by atoms with van der Waals surface area (Å²) in [4.78, 5) is 14.3. The second-order valence-electron chi connectivity index (χ2n) is 5.82. The highest BCUT2D eigenvalue weighted by Gasteiger charge is 2.26. The van der Waals surface area contributed by atoms with Crippen molar-refractivity contribution in [3.63, 3.8) is 0 Å². The van der Waals surface area contributed by atoms with Gasteiger partial charge in [0, 0.05) is 17.4 Å². The van der Waals surface area contributed by atoms with E-state index in [1.807, 2.05) is 18.2 Å². The Morgan fingerprint density at radius 1 is 1.32 bits per heavy atom. The lowest BCUT2D eigenvalue weighted by Crippen LogP contribution is -2.37. The fourth-order valence-corrected chi connectivity index (χ4v) is 2.90. The van der Waals surface area contributed by atoms with Crippen molar-refractivity contribution in [2.75, 3.05) is 16.8 Å². The number of fused-ring (bicyclic) bond motifs is 1. The molecule has 0 saturated carbocycles. The van der Waals surface area contributed by atoms with E-state index >= 15 is 0 Å². The highest BCUT2D eigenvalue weighted by Crippen LogP contribution is 2.31. The summed E-state index contributed by atoms with van der Waals surface area (Å²) in [6.07, 6.45) is 0.947. The molecule has 1 aliphatic rings. The number of nitrogens with zero attached hydrogens (tertiary/aromatic N) is 1. The van der Waals surface area contributed by atoms with E-state index in [1.165, 1.54) is 11.6 Å². The molecule has 4 heteroatoms. The lowest BCUT2D eigenvalue weighted by Gasteiger charge is -2.24. The number of aryl methyl sites for hydroxylation is 1. The molecule has 3 rings (SSSR count). The predicted octanol–water partition coefficient (Wildman–Crippen LogP) is 3.52. The van der Waals surface area contributed by atoms with Gasteiger partial charge in [-0.1, -0.05) is 24.3 Å². The Balaban J connectivity index is 1.70. The molecule has 114 valence electrons. The molecule has 2 aromatic rings. The quantitative estimate of drug-likeness (QED) is 0.940. The van der Waals surface area contributed by atoms with Gasteiger partial charge in [0.1, 0.15) is 5.82 Å². The van der Waals surface area contributed by atoms with Gasteiger partial charge >= 0.3 is 0 Å². The molecule has 22 heavy (non-hydrogen) atoms. The Morgan fingerprint density at radius 3 is 2.86 bits per heavy atom. The van der Waals surface area contributed by atoms with E-state index < -0.39 is 0 Å². The smallest absolute Gasteiger partial charge is 0.243 e. The summed E-state index contributed by atoms with van der Waals surface area (Å²) in [5.74, 6) is -0.440. The molecule has 0 aromatic heterocycles. The standard InChI is InChI=1S/C18H19FN2O/c1-12-7-8-15(10-16(12)19)20-18(22)11-21-13(2)9-14-5-3-4-6-17(14)21/h3-8,10,13H,9,11H2,1-2H3,(H,20,22). The average molecular weight is 298 g/mol. The van der Waals surface area contributed by atoms with Crippen LogP contribution in [0.5, 0.6) is 0 Å². The number of rotatable bonds is 3. The van der Waals surface area contributed by atoms with Crippen molar-refractivity contribution < 1.29 is 9.18 Å². The van der Waals surface area contributed by atoms with Crippen LogP contribution in [0, 0.1) is 12.7 Å². The third-order valence-electron chi connectivity index (χ3n) is 4.12. The molecule has 1 aliphatic heterocycles. The number of hydrogen-bond donors (Lipinski definition) is 1. The molecule has 0 bridgehead atoms. The minimum absolute atomic E-state index is 0.133. The minimum atomic E-state index is -0.308. The molecule has 0 fully saturated rings. The number of benzene rings is 2. The molecule has 0 aliphatic carbocycles. The lowest BCUT2D eigenvalue weighted by molar-refractivity contribution is -0.115. The summed E-state index contributed by atoms with van der Waals surface area (Å²) in [6.45, 7) is 4.08. The summed E-state index contributed by atoms with van der Waals surface area (Å²) in [7, 11) is 0. The maximum absolute atomic E-state index is 13.5. The van der Waals surface area contributed by atoms with E-state index in [2.05, 4.69) is 23.2 Å². The van der Waals surface area contributed by atoms with Crippen LogP contribution in [0.25, 0.3) is 0 Å². The average Bonchev–Trinajstić information content (AvgIpc) is 2.79. The minimum Gasteiger partial charge on any atom is -0.359 e. The summed E-state index contributed by atoms with van der Waals surface area (Å²) < 4.78 is 13.5. The first kappa shape index (κ1) is 14.6. The number of hydrogen-bond acceptors (Lipinski definition) is 2. The van der Waals surface area contributed by atoms with Gasteiger partial charge in [0.25, 0.3) is 0 Å². The van der Waals surface area contributed by atoms with Crippen LogP contribution in [0.1, 0.15) is 18.1 Å². The molecular weight excluding hydrogens is 279 g/mol.